The van der Waals surface area contributed by atoms with Crippen LogP contribution in [-0.2, 0) is 57.0 Å². The van der Waals surface area contributed by atoms with Gasteiger partial charge < -0.3 is 53.1 Å². The molecule has 1 amide bonds. The fourth-order valence-corrected chi connectivity index (χ4v) is 7.32. The van der Waals surface area contributed by atoms with Gasteiger partial charge in [-0.25, -0.2) is 4.79 Å². The van der Waals surface area contributed by atoms with Gasteiger partial charge in [0.15, 0.2) is 0 Å². The zero-order chi connectivity index (χ0) is 59.1. The van der Waals surface area contributed by atoms with E-state index in [0.29, 0.717) is 76.7 Å². The van der Waals surface area contributed by atoms with Gasteiger partial charge in [0.25, 0.3) is 10.1 Å². The minimum absolute atomic E-state index is 0.00396. The first-order chi connectivity index (χ1) is 37.1. The van der Waals surface area contributed by atoms with Crippen LogP contribution in [0.3, 0.4) is 0 Å². The monoisotopic (exact) mass is 1130 g/mol. The van der Waals surface area contributed by atoms with Crippen molar-refractivity contribution in [3.8, 4) is 17.2 Å². The maximum Gasteiger partial charge on any atom is 0.408 e. The summed E-state index contributed by atoms with van der Waals surface area (Å²) in [6, 6.07) is 16.8. The second-order valence-electron chi connectivity index (χ2n) is 21.3. The highest BCUT2D eigenvalue weighted by atomic mass is 32.2. The number of pyridine rings is 3. The molecule has 0 bridgehead atoms. The van der Waals surface area contributed by atoms with Crippen molar-refractivity contribution in [2.24, 2.45) is 0 Å². The van der Waals surface area contributed by atoms with E-state index in [-0.39, 0.29) is 66.5 Å². The number of hydrogen-bond donors (Lipinski definition) is 2. The molecular weight excluding hydrogens is 1040 g/mol. The third kappa shape index (κ3) is 33.3. The van der Waals surface area contributed by atoms with E-state index >= 15 is 0 Å². The normalized spacial score (nSPS) is 12.8. The predicted octanol–water partition coefficient (Wildman–Crippen LogP) is 10.2. The third-order valence-electron chi connectivity index (χ3n) is 10.1. The molecule has 0 radical (unpaired) electrons. The van der Waals surface area contributed by atoms with Gasteiger partial charge in [-0.3, -0.25) is 28.7 Å². The molecule has 3 heterocycles. The van der Waals surface area contributed by atoms with Crippen LogP contribution in [0.25, 0.3) is 0 Å². The van der Waals surface area contributed by atoms with Crippen molar-refractivity contribution in [3.63, 3.8) is 0 Å². The Bertz CT molecular complexity index is 2350. The maximum atomic E-state index is 12.0. The number of aromatic nitrogens is 3. The second kappa shape index (κ2) is 35.6. The van der Waals surface area contributed by atoms with Gasteiger partial charge >= 0.3 is 18.0 Å². The van der Waals surface area contributed by atoms with E-state index in [1.807, 2.05) is 109 Å². The van der Waals surface area contributed by atoms with Crippen LogP contribution in [0.2, 0.25) is 0 Å². The number of hydrogen-bond acceptors (Lipinski definition) is 19. The van der Waals surface area contributed by atoms with Gasteiger partial charge in [-0.15, -0.1) is 0 Å². The van der Waals surface area contributed by atoms with Crippen LogP contribution in [0, 0.1) is 6.92 Å². The van der Waals surface area contributed by atoms with Gasteiger partial charge in [-0.05, 0) is 131 Å². The highest BCUT2D eigenvalue weighted by Crippen LogP contribution is 2.23. The largest absolute Gasteiger partial charge is 0.506 e. The van der Waals surface area contributed by atoms with Crippen LogP contribution >= 0.6 is 0 Å². The number of esters is 2. The van der Waals surface area contributed by atoms with E-state index < -0.39 is 33.0 Å². The molecule has 3 aromatic heterocycles. The number of rotatable bonds is 29. The zero-order valence-electron chi connectivity index (χ0n) is 49.0. The Morgan fingerprint density at radius 3 is 1.34 bits per heavy atom. The summed E-state index contributed by atoms with van der Waals surface area (Å²) < 4.78 is 77.3. The van der Waals surface area contributed by atoms with Crippen molar-refractivity contribution >= 4 is 28.1 Å². The maximum absolute atomic E-state index is 12.0. The number of ether oxygens (including phenoxy) is 9. The number of nitrogens with zero attached hydrogens (tertiary/aromatic N) is 3. The fourth-order valence-electron chi connectivity index (χ4n) is 6.43. The number of alkyl carbamates (subject to hydrolysis) is 1. The Kier molecular flexibility index (Phi) is 31.2. The van der Waals surface area contributed by atoms with E-state index in [1.54, 1.807) is 48.8 Å². The minimum atomic E-state index is -3.69. The lowest BCUT2D eigenvalue weighted by atomic mass is 10.0. The Hall–Kier alpha value is -5.97. The van der Waals surface area contributed by atoms with Crippen molar-refractivity contribution < 1.29 is 74.7 Å². The average molecular weight is 1130 g/mol. The molecule has 20 nitrogen and oxygen atoms in total. The highest BCUT2D eigenvalue weighted by Gasteiger charge is 2.22. The molecule has 1 aromatic carbocycles. The molecule has 4 rings (SSSR count). The van der Waals surface area contributed by atoms with E-state index in [2.05, 4.69) is 20.3 Å². The molecular formula is C58H88N4O16S. The van der Waals surface area contributed by atoms with Gasteiger partial charge in [-0.2, -0.15) is 8.42 Å². The lowest BCUT2D eigenvalue weighted by molar-refractivity contribution is -0.156. The Morgan fingerprint density at radius 2 is 0.937 bits per heavy atom. The van der Waals surface area contributed by atoms with Gasteiger partial charge in [-0.1, -0.05) is 38.5 Å². The molecule has 0 unspecified atom stereocenters. The molecule has 79 heavy (non-hydrogen) atoms. The number of amides is 1. The zero-order valence-corrected chi connectivity index (χ0v) is 49.8. The molecule has 0 saturated carbocycles. The minimum Gasteiger partial charge on any atom is -0.506 e. The van der Waals surface area contributed by atoms with Crippen LogP contribution in [0.4, 0.5) is 4.79 Å². The summed E-state index contributed by atoms with van der Waals surface area (Å²) in [7, 11) is -3.69. The second-order valence-corrected chi connectivity index (χ2v) is 22.9. The number of benzene rings is 1. The van der Waals surface area contributed by atoms with E-state index in [4.69, 9.17) is 51.9 Å². The third-order valence-corrected chi connectivity index (χ3v) is 11.4. The average Bonchev–Trinajstić information content (AvgIpc) is 3.34. The van der Waals surface area contributed by atoms with Crippen LogP contribution in [-0.4, -0.2) is 136 Å². The summed E-state index contributed by atoms with van der Waals surface area (Å²) in [6.45, 7) is 30.5. The van der Waals surface area contributed by atoms with Crippen molar-refractivity contribution in [2.45, 2.75) is 156 Å². The van der Waals surface area contributed by atoms with Crippen molar-refractivity contribution in [2.75, 3.05) is 72.7 Å². The van der Waals surface area contributed by atoms with E-state index in [0.717, 1.165) is 23.4 Å². The topological polar surface area (TPSA) is 249 Å². The van der Waals surface area contributed by atoms with Crippen LogP contribution in [0.5, 0.6) is 17.2 Å². The summed E-state index contributed by atoms with van der Waals surface area (Å²) in [4.78, 5) is 48.6. The Morgan fingerprint density at radius 1 is 0.532 bits per heavy atom. The lowest BCUT2D eigenvalue weighted by Crippen LogP contribution is -2.34. The number of carbonyl (C=O) groups is 3. The summed E-state index contributed by atoms with van der Waals surface area (Å²) in [5.74, 6) is 0.819. The first-order valence-corrected chi connectivity index (χ1v) is 28.0. The van der Waals surface area contributed by atoms with Gasteiger partial charge in [0.05, 0.1) is 101 Å². The number of aryl methyl sites for hydroxylation is 1. The lowest BCUT2D eigenvalue weighted by Gasteiger charge is -2.21. The first-order valence-electron chi connectivity index (χ1n) is 26.6. The first kappa shape index (κ1) is 69.1. The van der Waals surface area contributed by atoms with Gasteiger partial charge in [0.1, 0.15) is 47.3 Å². The van der Waals surface area contributed by atoms with Crippen molar-refractivity contribution in [1.29, 1.82) is 0 Å². The molecule has 3 atom stereocenters. The quantitative estimate of drug-likeness (QED) is 0.0222. The van der Waals surface area contributed by atoms with Crippen LogP contribution in [0.15, 0.2) is 84.1 Å². The molecule has 0 saturated heterocycles. The van der Waals surface area contributed by atoms with E-state index in [1.165, 1.54) is 18.3 Å². The predicted molar refractivity (Wildman–Crippen MR) is 299 cm³/mol. The summed E-state index contributed by atoms with van der Waals surface area (Å²) in [5.41, 5.74) is 1.76. The van der Waals surface area contributed by atoms with Crippen LogP contribution in [0.1, 0.15) is 150 Å². The number of aromatic hydroxyl groups is 1. The Balaban J connectivity index is 0.000000473. The smallest absolute Gasteiger partial charge is 0.408 e. The molecule has 0 aliphatic rings. The van der Waals surface area contributed by atoms with Crippen molar-refractivity contribution in [3.05, 3.63) is 102 Å². The number of carbonyl (C=O) groups excluding carboxylic acids is 3. The molecule has 4 aromatic rings. The molecule has 0 aliphatic heterocycles. The summed E-state index contributed by atoms with van der Waals surface area (Å²) in [5, 5.41) is 11.9. The van der Waals surface area contributed by atoms with Gasteiger partial charge in [0.2, 0.25) is 0 Å². The number of nitrogens with one attached hydrogen (secondary N) is 1. The van der Waals surface area contributed by atoms with E-state index in [9.17, 15) is 22.8 Å². The SMILES string of the molecule is CCCOCCOCCOS(=O)(=O)c1ccc(C)cc1.C[C@H](CC(=O)OC(C)(C)C)c1ccc(O)cn1.C[C@H](CC(=O)OC(C)(C)C)c1ccc(OCCOCCOCCOc2ccc([C@H](C)NC(=O)OC(C)(C)C)nc2)cn1. The summed E-state index contributed by atoms with van der Waals surface area (Å²) in [6.07, 6.45) is 5.67. The fraction of sp³-hybridized carbons (Fsp3) is 0.586. The highest BCUT2D eigenvalue weighted by molar-refractivity contribution is 7.86. The molecule has 0 spiro atoms. The van der Waals surface area contributed by atoms with Crippen LogP contribution < -0.4 is 14.8 Å². The molecule has 0 fully saturated rings. The molecule has 0 aliphatic carbocycles. The molecule has 442 valence electrons. The van der Waals surface area contributed by atoms with Crippen molar-refractivity contribution in [1.82, 2.24) is 20.3 Å². The molecule has 2 N–H and O–H groups in total. The molecule has 21 heteroatoms. The summed E-state index contributed by atoms with van der Waals surface area (Å²) >= 11 is 0. The Labute approximate surface area is 469 Å². The standard InChI is InChI=1S/C31H47N3O8.C14H22O5S.C13H19NO3/c1-22(19-28(35)41-30(3,4)5)26-11-9-24(20-32-26)39-17-15-37-13-14-38-16-18-40-25-10-12-27(33-21-25)23(2)34-29(36)42-31(6,7)8;1-3-8-17-9-10-18-11-12-19-20(15,16)14-6-4-13(2)5-7-14;1-9(7-12(16)17-13(2,3)4)11-6-5-10(15)8-14-11/h9-12,20-23H,13-19H2,1-8H3,(H,34,36);4-7H,3,8-12H2,1-2H3;5-6,8-9,15H,7H2,1-4H3/t22-,23+;;9-/m1.1/s1. The van der Waals surface area contributed by atoms with Gasteiger partial charge in [0, 0.05) is 29.8 Å².